The summed E-state index contributed by atoms with van der Waals surface area (Å²) < 4.78 is 0. The lowest BCUT2D eigenvalue weighted by Crippen LogP contribution is -2.46. The number of hydrogen-bond acceptors (Lipinski definition) is 4. The van der Waals surface area contributed by atoms with Crippen molar-refractivity contribution in [2.45, 2.75) is 45.6 Å². The highest BCUT2D eigenvalue weighted by Crippen LogP contribution is 2.39. The Hall–Kier alpha value is -2.76. The number of nitrogens with zero attached hydrogens (tertiary/aromatic N) is 2. The first-order valence-electron chi connectivity index (χ1n) is 9.51. The third-order valence-corrected chi connectivity index (χ3v) is 5.87. The van der Waals surface area contributed by atoms with Crippen molar-refractivity contribution in [3.8, 4) is 0 Å². The smallest absolute Gasteiger partial charge is 0.247 e. The topological polar surface area (TPSA) is 79.4 Å². The fourth-order valence-corrected chi connectivity index (χ4v) is 4.35. The molecule has 1 saturated heterocycles. The van der Waals surface area contributed by atoms with Gasteiger partial charge in [-0.2, -0.15) is 0 Å². The molecule has 6 nitrogen and oxygen atoms in total. The molecule has 27 heavy (non-hydrogen) atoms. The summed E-state index contributed by atoms with van der Waals surface area (Å²) in [6, 6.07) is 6.62. The fourth-order valence-electron chi connectivity index (χ4n) is 4.35. The van der Waals surface area contributed by atoms with Gasteiger partial charge >= 0.3 is 0 Å². The summed E-state index contributed by atoms with van der Waals surface area (Å²) in [6.07, 6.45) is 5.14. The molecule has 0 spiro atoms. The van der Waals surface area contributed by atoms with Gasteiger partial charge in [-0.05, 0) is 50.5 Å². The molecule has 3 amide bonds. The molecule has 2 aromatic rings. The zero-order valence-electron chi connectivity index (χ0n) is 15.6. The molecule has 1 aliphatic heterocycles. The number of benzene rings is 1. The summed E-state index contributed by atoms with van der Waals surface area (Å²) in [5.74, 6) is -1.23. The second-order valence-corrected chi connectivity index (χ2v) is 7.54. The third-order valence-electron chi connectivity index (χ3n) is 5.87. The van der Waals surface area contributed by atoms with Crippen LogP contribution in [-0.4, -0.2) is 33.6 Å². The van der Waals surface area contributed by atoms with Gasteiger partial charge in [-0.15, -0.1) is 0 Å². The zero-order chi connectivity index (χ0) is 19.1. The number of aryl methyl sites for hydroxylation is 1. The molecule has 1 aromatic carbocycles. The van der Waals surface area contributed by atoms with E-state index in [4.69, 9.17) is 0 Å². The van der Waals surface area contributed by atoms with E-state index in [1.54, 1.807) is 13.1 Å². The van der Waals surface area contributed by atoms with Gasteiger partial charge in [0.25, 0.3) is 0 Å². The molecule has 1 N–H and O–H groups in total. The van der Waals surface area contributed by atoms with Crippen LogP contribution in [0.4, 0.5) is 5.69 Å². The minimum Gasteiger partial charge on any atom is -0.324 e. The van der Waals surface area contributed by atoms with Crippen LogP contribution >= 0.6 is 0 Å². The number of imide groups is 1. The van der Waals surface area contributed by atoms with Crippen molar-refractivity contribution in [2.75, 3.05) is 5.32 Å². The quantitative estimate of drug-likeness (QED) is 0.848. The minimum absolute atomic E-state index is 0.192. The lowest BCUT2D eigenvalue weighted by atomic mass is 9.81. The normalized spacial score (nSPS) is 23.4. The number of anilines is 1. The van der Waals surface area contributed by atoms with Crippen molar-refractivity contribution < 1.29 is 14.4 Å². The van der Waals surface area contributed by atoms with Crippen LogP contribution in [0.15, 0.2) is 30.5 Å². The summed E-state index contributed by atoms with van der Waals surface area (Å²) in [6.45, 7) is 3.59. The summed E-state index contributed by atoms with van der Waals surface area (Å²) in [5, 5.41) is 3.72. The van der Waals surface area contributed by atoms with Crippen LogP contribution in [-0.2, 0) is 14.4 Å². The Morgan fingerprint density at radius 2 is 1.81 bits per heavy atom. The van der Waals surface area contributed by atoms with E-state index in [1.165, 1.54) is 4.90 Å². The van der Waals surface area contributed by atoms with Gasteiger partial charge in [-0.25, -0.2) is 0 Å². The van der Waals surface area contributed by atoms with Gasteiger partial charge in [-0.3, -0.25) is 24.3 Å². The van der Waals surface area contributed by atoms with Gasteiger partial charge in [0.2, 0.25) is 17.7 Å². The Kier molecular flexibility index (Phi) is 4.42. The number of fused-ring (bicyclic) bond motifs is 2. The molecule has 140 valence electrons. The molecule has 2 aliphatic rings. The van der Waals surface area contributed by atoms with Crippen LogP contribution in [0.5, 0.6) is 0 Å². The molecular formula is C21H23N3O3. The maximum Gasteiger partial charge on any atom is 0.247 e. The number of aromatic nitrogens is 1. The molecule has 0 radical (unpaired) electrons. The van der Waals surface area contributed by atoms with Crippen LogP contribution < -0.4 is 5.32 Å². The van der Waals surface area contributed by atoms with Crippen molar-refractivity contribution in [1.82, 2.24) is 9.88 Å². The molecule has 1 aromatic heterocycles. The molecule has 2 fully saturated rings. The van der Waals surface area contributed by atoms with E-state index < -0.39 is 6.04 Å². The average molecular weight is 365 g/mol. The highest BCUT2D eigenvalue weighted by atomic mass is 16.2. The average Bonchev–Trinajstić information content (AvgIpc) is 2.94. The van der Waals surface area contributed by atoms with Crippen molar-refractivity contribution in [2.24, 2.45) is 11.8 Å². The predicted octanol–water partition coefficient (Wildman–Crippen LogP) is 3.05. The summed E-state index contributed by atoms with van der Waals surface area (Å²) >= 11 is 0. The molecule has 0 bridgehead atoms. The van der Waals surface area contributed by atoms with Crippen molar-refractivity contribution in [1.29, 1.82) is 0 Å². The van der Waals surface area contributed by atoms with Gasteiger partial charge in [0.05, 0.1) is 23.0 Å². The number of amides is 3. The van der Waals surface area contributed by atoms with Crippen LogP contribution in [0.1, 0.15) is 38.2 Å². The van der Waals surface area contributed by atoms with Gasteiger partial charge in [0.15, 0.2) is 0 Å². The SMILES string of the molecule is Cc1ccc(NC(=O)[C@H](C)N2C(=O)[C@H]3CCCC[C@@H]3C2=O)c2cccnc12. The number of pyridine rings is 1. The van der Waals surface area contributed by atoms with E-state index in [-0.39, 0.29) is 29.6 Å². The lowest BCUT2D eigenvalue weighted by Gasteiger charge is -2.22. The van der Waals surface area contributed by atoms with E-state index in [0.717, 1.165) is 42.1 Å². The van der Waals surface area contributed by atoms with E-state index >= 15 is 0 Å². The van der Waals surface area contributed by atoms with Gasteiger partial charge in [-0.1, -0.05) is 18.9 Å². The number of nitrogens with one attached hydrogen (secondary N) is 1. The molecule has 4 rings (SSSR count). The Balaban J connectivity index is 1.58. The van der Waals surface area contributed by atoms with Gasteiger partial charge < -0.3 is 5.32 Å². The first-order chi connectivity index (χ1) is 13.0. The van der Waals surface area contributed by atoms with Crippen molar-refractivity contribution >= 4 is 34.3 Å². The van der Waals surface area contributed by atoms with E-state index in [9.17, 15) is 14.4 Å². The van der Waals surface area contributed by atoms with Crippen LogP contribution in [0, 0.1) is 18.8 Å². The number of carbonyl (C=O) groups is 3. The standard InChI is InChI=1S/C21H23N3O3/c1-12-9-10-17(16-8-5-11-22-18(12)16)23-19(25)13(2)24-20(26)14-6-3-4-7-15(14)21(24)27/h5,8-11,13-15H,3-4,6-7H2,1-2H3,(H,23,25)/t13-,14-,15-/m0/s1. The molecule has 0 unspecified atom stereocenters. The van der Waals surface area contributed by atoms with E-state index in [2.05, 4.69) is 10.3 Å². The Morgan fingerprint density at radius 1 is 1.15 bits per heavy atom. The number of rotatable bonds is 3. The van der Waals surface area contributed by atoms with Gasteiger partial charge in [0, 0.05) is 11.6 Å². The monoisotopic (exact) mass is 365 g/mol. The van der Waals surface area contributed by atoms with E-state index in [1.807, 2.05) is 31.2 Å². The Labute approximate surface area is 157 Å². The molecular weight excluding hydrogens is 342 g/mol. The van der Waals surface area contributed by atoms with Crippen LogP contribution in [0.3, 0.4) is 0 Å². The van der Waals surface area contributed by atoms with Crippen molar-refractivity contribution in [3.05, 3.63) is 36.0 Å². The first kappa shape index (κ1) is 17.6. The third kappa shape index (κ3) is 2.89. The Bertz CT molecular complexity index is 915. The van der Waals surface area contributed by atoms with Crippen LogP contribution in [0.25, 0.3) is 10.9 Å². The Morgan fingerprint density at radius 3 is 2.48 bits per heavy atom. The fraction of sp³-hybridized carbons (Fsp3) is 0.429. The maximum absolute atomic E-state index is 12.8. The highest BCUT2D eigenvalue weighted by Gasteiger charge is 2.50. The number of likely N-dealkylation sites (tertiary alicyclic amines) is 1. The minimum atomic E-state index is -0.830. The van der Waals surface area contributed by atoms with Crippen LogP contribution in [0.2, 0.25) is 0 Å². The number of carbonyl (C=O) groups excluding carboxylic acids is 3. The first-order valence-corrected chi connectivity index (χ1v) is 9.51. The van der Waals surface area contributed by atoms with E-state index in [0.29, 0.717) is 5.69 Å². The maximum atomic E-state index is 12.8. The highest BCUT2D eigenvalue weighted by molar-refractivity contribution is 6.11. The summed E-state index contributed by atoms with van der Waals surface area (Å²) in [4.78, 5) is 43.8. The molecule has 2 heterocycles. The second kappa shape index (κ2) is 6.76. The molecule has 1 saturated carbocycles. The molecule has 6 heteroatoms. The van der Waals surface area contributed by atoms with Crippen molar-refractivity contribution in [3.63, 3.8) is 0 Å². The lowest BCUT2D eigenvalue weighted by molar-refractivity contribution is -0.146. The zero-order valence-corrected chi connectivity index (χ0v) is 15.6. The molecule has 1 aliphatic carbocycles. The number of hydrogen-bond donors (Lipinski definition) is 1. The summed E-state index contributed by atoms with van der Waals surface area (Å²) in [5.41, 5.74) is 2.48. The second-order valence-electron chi connectivity index (χ2n) is 7.54. The molecule has 3 atom stereocenters. The van der Waals surface area contributed by atoms with Gasteiger partial charge in [0.1, 0.15) is 6.04 Å². The predicted molar refractivity (Wildman–Crippen MR) is 102 cm³/mol. The summed E-state index contributed by atoms with van der Waals surface area (Å²) in [7, 11) is 0. The largest absolute Gasteiger partial charge is 0.324 e.